The van der Waals surface area contributed by atoms with Crippen LogP contribution in [0.25, 0.3) is 32.9 Å². The summed E-state index contributed by atoms with van der Waals surface area (Å²) < 4.78 is 2.02. The minimum Gasteiger partial charge on any atom is -0.508 e. The number of anilines is 2. The lowest BCUT2D eigenvalue weighted by molar-refractivity contribution is 0.475. The van der Waals surface area contributed by atoms with Crippen molar-refractivity contribution in [3.63, 3.8) is 0 Å². The quantitative estimate of drug-likeness (QED) is 0.501. The number of nitrogens with two attached hydrogens (primary N) is 2. The number of rotatable bonds is 1. The molecule has 0 spiro atoms. The van der Waals surface area contributed by atoms with Crippen molar-refractivity contribution in [3.05, 3.63) is 42.6 Å². The fourth-order valence-corrected chi connectivity index (χ4v) is 3.06. The molecule has 6 heteroatoms. The van der Waals surface area contributed by atoms with E-state index in [9.17, 15) is 5.11 Å². The number of nitrogen functional groups attached to an aromatic ring is 2. The highest BCUT2D eigenvalue weighted by Gasteiger charge is 2.15. The van der Waals surface area contributed by atoms with E-state index < -0.39 is 0 Å². The van der Waals surface area contributed by atoms with Crippen molar-refractivity contribution >= 4 is 33.6 Å². The summed E-state index contributed by atoms with van der Waals surface area (Å²) in [4.78, 5) is 8.39. The van der Waals surface area contributed by atoms with Crippen LogP contribution in [-0.4, -0.2) is 19.6 Å². The van der Waals surface area contributed by atoms with Gasteiger partial charge in [0.05, 0.1) is 16.4 Å². The average Bonchev–Trinajstić information content (AvgIpc) is 2.88. The zero-order valence-electron chi connectivity index (χ0n) is 12.5. The van der Waals surface area contributed by atoms with Crippen molar-refractivity contribution in [2.75, 3.05) is 11.5 Å². The Kier molecular flexibility index (Phi) is 2.68. The highest BCUT2D eigenvalue weighted by Crippen LogP contribution is 2.37. The zero-order valence-corrected chi connectivity index (χ0v) is 12.5. The third-order valence-electron chi connectivity index (χ3n) is 4.02. The summed E-state index contributed by atoms with van der Waals surface area (Å²) in [6, 6.07) is 11.0. The number of phenols is 1. The smallest absolute Gasteiger partial charge is 0.222 e. The number of aryl methyl sites for hydroxylation is 1. The molecule has 0 saturated carbocycles. The molecule has 114 valence electrons. The van der Waals surface area contributed by atoms with E-state index in [0.29, 0.717) is 11.3 Å². The Bertz CT molecular complexity index is 1070. The average molecular weight is 305 g/mol. The third-order valence-corrected chi connectivity index (χ3v) is 4.02. The van der Waals surface area contributed by atoms with Gasteiger partial charge in [-0.05, 0) is 29.8 Å². The van der Waals surface area contributed by atoms with Crippen LogP contribution < -0.4 is 11.5 Å². The second-order valence-corrected chi connectivity index (χ2v) is 5.52. The number of benzene rings is 2. The van der Waals surface area contributed by atoms with E-state index in [2.05, 4.69) is 9.97 Å². The first-order valence-electron chi connectivity index (χ1n) is 7.15. The first-order valence-corrected chi connectivity index (χ1v) is 7.15. The molecule has 0 aliphatic heterocycles. The number of aromatic hydroxyl groups is 1. The molecule has 2 aromatic carbocycles. The predicted molar refractivity (Wildman–Crippen MR) is 91.9 cm³/mol. The minimum atomic E-state index is 0.146. The maximum atomic E-state index is 9.80. The predicted octanol–water partition coefficient (Wildman–Crippen LogP) is 2.66. The second kappa shape index (κ2) is 4.61. The molecule has 2 aromatic heterocycles. The van der Waals surface area contributed by atoms with Gasteiger partial charge in [0.1, 0.15) is 11.6 Å². The molecule has 0 bridgehead atoms. The van der Waals surface area contributed by atoms with Crippen molar-refractivity contribution in [1.29, 1.82) is 0 Å². The van der Waals surface area contributed by atoms with E-state index in [4.69, 9.17) is 11.5 Å². The standard InChI is InChI=1S/C17H15N5O/c1-22-6-5-11-14-13(20-17(19)21-16(14)18)8-12(15(11)22)9-3-2-4-10(23)7-9/h2-8,23H,1H3,(H4,18,19,20,21). The Morgan fingerprint density at radius 3 is 2.70 bits per heavy atom. The van der Waals surface area contributed by atoms with Crippen LogP contribution in [0.5, 0.6) is 5.75 Å². The summed E-state index contributed by atoms with van der Waals surface area (Å²) in [7, 11) is 1.97. The van der Waals surface area contributed by atoms with Gasteiger partial charge < -0.3 is 21.1 Å². The lowest BCUT2D eigenvalue weighted by atomic mass is 9.99. The van der Waals surface area contributed by atoms with Crippen LogP contribution >= 0.6 is 0 Å². The maximum Gasteiger partial charge on any atom is 0.222 e. The van der Waals surface area contributed by atoms with Crippen LogP contribution in [0.3, 0.4) is 0 Å². The molecule has 23 heavy (non-hydrogen) atoms. The Balaban J connectivity index is 2.20. The molecule has 0 aliphatic rings. The minimum absolute atomic E-state index is 0.146. The van der Waals surface area contributed by atoms with Gasteiger partial charge in [0.2, 0.25) is 5.95 Å². The van der Waals surface area contributed by atoms with Crippen LogP contribution in [0.1, 0.15) is 0 Å². The molecule has 2 heterocycles. The molecule has 6 nitrogen and oxygen atoms in total. The van der Waals surface area contributed by atoms with E-state index in [0.717, 1.165) is 27.4 Å². The number of nitrogens with zero attached hydrogens (tertiary/aromatic N) is 3. The summed E-state index contributed by atoms with van der Waals surface area (Å²) in [5.41, 5.74) is 15.3. The lowest BCUT2D eigenvalue weighted by Gasteiger charge is -2.11. The molecule has 0 aliphatic carbocycles. The Labute approximate surface area is 132 Å². The molecule has 5 N–H and O–H groups in total. The molecule has 0 atom stereocenters. The van der Waals surface area contributed by atoms with Gasteiger partial charge in [0, 0.05) is 24.2 Å². The summed E-state index contributed by atoms with van der Waals surface area (Å²) in [5, 5.41) is 11.5. The van der Waals surface area contributed by atoms with Crippen LogP contribution in [0.2, 0.25) is 0 Å². The highest BCUT2D eigenvalue weighted by atomic mass is 16.3. The van der Waals surface area contributed by atoms with Crippen molar-refractivity contribution < 1.29 is 5.11 Å². The first-order chi connectivity index (χ1) is 11.0. The molecular formula is C17H15N5O. The van der Waals surface area contributed by atoms with E-state index in [-0.39, 0.29) is 11.7 Å². The lowest BCUT2D eigenvalue weighted by Crippen LogP contribution is -2.01. The van der Waals surface area contributed by atoms with E-state index in [1.165, 1.54) is 0 Å². The van der Waals surface area contributed by atoms with Gasteiger partial charge >= 0.3 is 0 Å². The molecule has 0 fully saturated rings. The SMILES string of the molecule is Cn1ccc2c3c(N)nc(N)nc3cc(-c3cccc(O)c3)c21. The normalized spacial score (nSPS) is 11.3. The molecule has 0 unspecified atom stereocenters. The molecule has 0 radical (unpaired) electrons. The van der Waals surface area contributed by atoms with Gasteiger partial charge in [-0.3, -0.25) is 0 Å². The van der Waals surface area contributed by atoms with Gasteiger partial charge in [-0.2, -0.15) is 4.98 Å². The van der Waals surface area contributed by atoms with Crippen LogP contribution in [0.15, 0.2) is 42.6 Å². The van der Waals surface area contributed by atoms with Gasteiger partial charge in [-0.25, -0.2) is 4.98 Å². The third kappa shape index (κ3) is 1.96. The largest absolute Gasteiger partial charge is 0.508 e. The Morgan fingerprint density at radius 2 is 1.91 bits per heavy atom. The summed E-state index contributed by atoms with van der Waals surface area (Å²) in [5.74, 6) is 0.727. The molecular weight excluding hydrogens is 290 g/mol. The molecule has 4 aromatic rings. The Morgan fingerprint density at radius 1 is 1.09 bits per heavy atom. The van der Waals surface area contributed by atoms with Gasteiger partial charge in [-0.15, -0.1) is 0 Å². The van der Waals surface area contributed by atoms with Crippen LogP contribution in [0.4, 0.5) is 11.8 Å². The van der Waals surface area contributed by atoms with Gasteiger partial charge in [0.25, 0.3) is 0 Å². The summed E-state index contributed by atoms with van der Waals surface area (Å²) in [6.07, 6.45) is 1.96. The number of phenolic OH excluding ortho intramolecular Hbond substituents is 1. The van der Waals surface area contributed by atoms with Crippen molar-refractivity contribution in [2.24, 2.45) is 7.05 Å². The molecule has 0 amide bonds. The monoisotopic (exact) mass is 305 g/mol. The highest BCUT2D eigenvalue weighted by molar-refractivity contribution is 6.15. The van der Waals surface area contributed by atoms with Crippen LogP contribution in [0, 0.1) is 0 Å². The van der Waals surface area contributed by atoms with Crippen molar-refractivity contribution in [3.8, 4) is 16.9 Å². The van der Waals surface area contributed by atoms with Crippen molar-refractivity contribution in [1.82, 2.24) is 14.5 Å². The topological polar surface area (TPSA) is 103 Å². The Hall–Kier alpha value is -3.28. The maximum absolute atomic E-state index is 9.80. The van der Waals surface area contributed by atoms with E-state index in [1.54, 1.807) is 12.1 Å². The van der Waals surface area contributed by atoms with E-state index >= 15 is 0 Å². The van der Waals surface area contributed by atoms with Gasteiger partial charge in [0.15, 0.2) is 0 Å². The first kappa shape index (κ1) is 13.4. The number of fused-ring (bicyclic) bond motifs is 3. The van der Waals surface area contributed by atoms with Gasteiger partial charge in [-0.1, -0.05) is 12.1 Å². The zero-order chi connectivity index (χ0) is 16.1. The fourth-order valence-electron chi connectivity index (χ4n) is 3.06. The number of hydrogen-bond donors (Lipinski definition) is 3. The molecule has 4 rings (SSSR count). The summed E-state index contributed by atoms with van der Waals surface area (Å²) >= 11 is 0. The van der Waals surface area contributed by atoms with Crippen LogP contribution in [-0.2, 0) is 7.05 Å². The summed E-state index contributed by atoms with van der Waals surface area (Å²) in [6.45, 7) is 0. The fraction of sp³-hybridized carbons (Fsp3) is 0.0588. The second-order valence-electron chi connectivity index (χ2n) is 5.52. The van der Waals surface area contributed by atoms with Crippen molar-refractivity contribution in [2.45, 2.75) is 0 Å². The molecule has 0 saturated heterocycles. The number of aromatic nitrogens is 3. The number of hydrogen-bond acceptors (Lipinski definition) is 5. The van der Waals surface area contributed by atoms with E-state index in [1.807, 2.05) is 42.1 Å².